The van der Waals surface area contributed by atoms with Gasteiger partial charge in [-0.1, -0.05) is 0 Å². The van der Waals surface area contributed by atoms with Gasteiger partial charge in [-0.25, -0.2) is 9.07 Å². The molecule has 0 radical (unpaired) electrons. The molecule has 0 aliphatic carbocycles. The molecule has 17 heavy (non-hydrogen) atoms. The number of carbonyl (C=O) groups excluding carboxylic acids is 1. The molecule has 2 N–H and O–H groups in total. The first-order valence-corrected chi connectivity index (χ1v) is 5.25. The molecule has 0 spiro atoms. The first-order valence-electron chi connectivity index (χ1n) is 5.25. The third-order valence-electron chi connectivity index (χ3n) is 2.39. The average Bonchev–Trinajstić information content (AvgIpc) is 2.82. The molecule has 0 amide bonds. The third-order valence-corrected chi connectivity index (χ3v) is 2.39. The van der Waals surface area contributed by atoms with Crippen molar-refractivity contribution in [2.24, 2.45) is 5.73 Å². The number of halogens is 1. The average molecular weight is 233 g/mol. The molecule has 0 aliphatic rings. The summed E-state index contributed by atoms with van der Waals surface area (Å²) < 4.78 is 15.2. The largest absolute Gasteiger partial charge is 0.330 e. The van der Waals surface area contributed by atoms with Gasteiger partial charge in [0.2, 0.25) is 0 Å². The van der Waals surface area contributed by atoms with Gasteiger partial charge in [-0.2, -0.15) is 5.10 Å². The molecule has 0 fully saturated rings. The van der Waals surface area contributed by atoms with Crippen LogP contribution in [0, 0.1) is 5.82 Å². The van der Waals surface area contributed by atoms with E-state index >= 15 is 0 Å². The minimum absolute atomic E-state index is 0.154. The number of benzene rings is 1. The lowest BCUT2D eigenvalue weighted by atomic mass is 10.1. The normalized spacial score (nSPS) is 10.5. The summed E-state index contributed by atoms with van der Waals surface area (Å²) in [6, 6.07) is 6.03. The summed E-state index contributed by atoms with van der Waals surface area (Å²) in [7, 11) is 0. The van der Waals surface area contributed by atoms with Gasteiger partial charge in [-0.15, -0.1) is 0 Å². The first kappa shape index (κ1) is 11.5. The number of Topliss-reactive ketones (excluding diaryl/α,β-unsaturated/α-hetero) is 1. The number of carbonyl (C=O) groups is 1. The zero-order valence-corrected chi connectivity index (χ0v) is 9.14. The van der Waals surface area contributed by atoms with Gasteiger partial charge in [-0.05, 0) is 30.8 Å². The van der Waals surface area contributed by atoms with Crippen LogP contribution in [0.3, 0.4) is 0 Å². The molecule has 1 aromatic carbocycles. The van der Waals surface area contributed by atoms with E-state index in [1.165, 1.54) is 16.8 Å². The van der Waals surface area contributed by atoms with Crippen LogP contribution in [-0.2, 0) is 0 Å². The van der Waals surface area contributed by atoms with Gasteiger partial charge in [0.25, 0.3) is 0 Å². The summed E-state index contributed by atoms with van der Waals surface area (Å²) in [6.07, 6.45) is 3.42. The maximum Gasteiger partial charge on any atom is 0.164 e. The van der Waals surface area contributed by atoms with Crippen molar-refractivity contribution in [2.45, 2.75) is 6.42 Å². The van der Waals surface area contributed by atoms with Crippen molar-refractivity contribution in [3.05, 3.63) is 48.0 Å². The molecule has 0 unspecified atom stereocenters. The lowest BCUT2D eigenvalue weighted by molar-refractivity contribution is 0.0985. The lowest BCUT2D eigenvalue weighted by Gasteiger charge is -2.05. The predicted octanol–water partition coefficient (Wildman–Crippen LogP) is 1.54. The fraction of sp³-hybridized carbons (Fsp3) is 0.167. The Morgan fingerprint density at radius 3 is 2.88 bits per heavy atom. The van der Waals surface area contributed by atoms with Crippen LogP contribution in [-0.4, -0.2) is 22.1 Å². The van der Waals surface area contributed by atoms with Crippen molar-refractivity contribution in [1.82, 2.24) is 9.78 Å². The summed E-state index contributed by atoms with van der Waals surface area (Å²) in [6.45, 7) is 0.265. The minimum atomic E-state index is -0.475. The molecular weight excluding hydrogens is 221 g/mol. The van der Waals surface area contributed by atoms with Crippen LogP contribution in [0.1, 0.15) is 16.8 Å². The second kappa shape index (κ2) is 4.88. The van der Waals surface area contributed by atoms with Gasteiger partial charge in [0, 0.05) is 24.4 Å². The van der Waals surface area contributed by atoms with Gasteiger partial charge >= 0.3 is 0 Å². The molecule has 4 nitrogen and oxygen atoms in total. The Hall–Kier alpha value is -2.01. The van der Waals surface area contributed by atoms with E-state index in [-0.39, 0.29) is 18.7 Å². The van der Waals surface area contributed by atoms with E-state index in [0.29, 0.717) is 11.3 Å². The predicted molar refractivity (Wildman–Crippen MR) is 61.5 cm³/mol. The summed E-state index contributed by atoms with van der Waals surface area (Å²) in [5.74, 6) is -0.630. The lowest BCUT2D eigenvalue weighted by Crippen LogP contribution is -2.09. The Kier molecular flexibility index (Phi) is 3.30. The molecule has 0 bridgehead atoms. The van der Waals surface area contributed by atoms with Crippen molar-refractivity contribution in [3.8, 4) is 5.69 Å². The van der Waals surface area contributed by atoms with E-state index in [4.69, 9.17) is 5.73 Å². The number of nitrogens with two attached hydrogens (primary N) is 1. The van der Waals surface area contributed by atoms with E-state index in [2.05, 4.69) is 5.10 Å². The second-order valence-corrected chi connectivity index (χ2v) is 3.58. The van der Waals surface area contributed by atoms with Crippen molar-refractivity contribution >= 4 is 5.78 Å². The maximum atomic E-state index is 13.8. The van der Waals surface area contributed by atoms with Crippen molar-refractivity contribution in [3.63, 3.8) is 0 Å². The molecule has 2 aromatic rings. The molecule has 2 rings (SSSR count). The monoisotopic (exact) mass is 233 g/mol. The van der Waals surface area contributed by atoms with Gasteiger partial charge in [0.15, 0.2) is 5.78 Å². The Morgan fingerprint density at radius 1 is 1.47 bits per heavy atom. The zero-order chi connectivity index (χ0) is 12.3. The smallest absolute Gasteiger partial charge is 0.164 e. The topological polar surface area (TPSA) is 60.9 Å². The Balaban J connectivity index is 2.32. The Bertz CT molecular complexity index is 523. The van der Waals surface area contributed by atoms with Crippen LogP contribution in [0.5, 0.6) is 0 Å². The van der Waals surface area contributed by atoms with Gasteiger partial charge in [0.05, 0.1) is 0 Å². The molecule has 1 aromatic heterocycles. The van der Waals surface area contributed by atoms with E-state index in [9.17, 15) is 9.18 Å². The van der Waals surface area contributed by atoms with Gasteiger partial charge in [0.1, 0.15) is 11.5 Å². The van der Waals surface area contributed by atoms with Crippen LogP contribution < -0.4 is 5.73 Å². The Labute approximate surface area is 97.9 Å². The van der Waals surface area contributed by atoms with Gasteiger partial charge in [-0.3, -0.25) is 4.79 Å². The number of hydrogen-bond acceptors (Lipinski definition) is 3. The Morgan fingerprint density at radius 2 is 2.29 bits per heavy atom. The SMILES string of the molecule is NCCC(=O)c1ccc(-n2cccn2)c(F)c1. The fourth-order valence-electron chi connectivity index (χ4n) is 1.55. The van der Waals surface area contributed by atoms with Crippen molar-refractivity contribution in [1.29, 1.82) is 0 Å². The molecule has 5 heteroatoms. The molecular formula is C12H12FN3O. The van der Waals surface area contributed by atoms with E-state index in [1.54, 1.807) is 24.5 Å². The number of aromatic nitrogens is 2. The first-order chi connectivity index (χ1) is 8.22. The highest BCUT2D eigenvalue weighted by Crippen LogP contribution is 2.15. The van der Waals surface area contributed by atoms with Crippen molar-refractivity contribution < 1.29 is 9.18 Å². The quantitative estimate of drug-likeness (QED) is 0.815. The minimum Gasteiger partial charge on any atom is -0.330 e. The van der Waals surface area contributed by atoms with E-state index in [1.807, 2.05) is 0 Å². The molecule has 0 atom stereocenters. The van der Waals surface area contributed by atoms with Crippen LogP contribution in [0.15, 0.2) is 36.7 Å². The zero-order valence-electron chi connectivity index (χ0n) is 9.14. The molecule has 0 aliphatic heterocycles. The number of nitrogens with zero attached hydrogens (tertiary/aromatic N) is 2. The van der Waals surface area contributed by atoms with Crippen molar-refractivity contribution in [2.75, 3.05) is 6.54 Å². The van der Waals surface area contributed by atoms with Crippen LogP contribution >= 0.6 is 0 Å². The standard InChI is InChI=1S/C12H12FN3O/c13-10-8-9(12(17)4-5-14)2-3-11(10)16-7-1-6-15-16/h1-3,6-8H,4-5,14H2. The van der Waals surface area contributed by atoms with Crippen LogP contribution in [0.2, 0.25) is 0 Å². The highest BCUT2D eigenvalue weighted by Gasteiger charge is 2.10. The van der Waals surface area contributed by atoms with Crippen LogP contribution in [0.4, 0.5) is 4.39 Å². The molecule has 0 saturated carbocycles. The summed E-state index contributed by atoms with van der Waals surface area (Å²) in [5.41, 5.74) is 5.94. The highest BCUT2D eigenvalue weighted by molar-refractivity contribution is 5.96. The summed E-state index contributed by atoms with van der Waals surface area (Å²) in [5, 5.41) is 3.93. The van der Waals surface area contributed by atoms with E-state index < -0.39 is 5.82 Å². The molecule has 1 heterocycles. The number of rotatable bonds is 4. The van der Waals surface area contributed by atoms with Crippen LogP contribution in [0.25, 0.3) is 5.69 Å². The van der Waals surface area contributed by atoms with E-state index in [0.717, 1.165) is 0 Å². The third kappa shape index (κ3) is 2.39. The molecule has 88 valence electrons. The fourth-order valence-corrected chi connectivity index (χ4v) is 1.55. The summed E-state index contributed by atoms with van der Waals surface area (Å²) >= 11 is 0. The second-order valence-electron chi connectivity index (χ2n) is 3.58. The summed E-state index contributed by atoms with van der Waals surface area (Å²) in [4.78, 5) is 11.5. The number of hydrogen-bond donors (Lipinski definition) is 1. The number of ketones is 1. The maximum absolute atomic E-state index is 13.8. The molecule has 0 saturated heterocycles. The van der Waals surface area contributed by atoms with Gasteiger partial charge < -0.3 is 5.73 Å². The highest BCUT2D eigenvalue weighted by atomic mass is 19.1.